The fraction of sp³-hybridized carbons (Fsp3) is 0.267. The predicted octanol–water partition coefficient (Wildman–Crippen LogP) is 2.73. The van der Waals surface area contributed by atoms with Gasteiger partial charge in [-0.1, -0.05) is 24.3 Å². The number of carbonyl (C=O) groups is 1. The summed E-state index contributed by atoms with van der Waals surface area (Å²) in [5.74, 6) is -0.161. The summed E-state index contributed by atoms with van der Waals surface area (Å²) in [6.07, 6.45) is 0.0498. The van der Waals surface area contributed by atoms with E-state index < -0.39 is 0 Å². The molecular weight excluding hydrogens is 228 g/mol. The fourth-order valence-corrected chi connectivity index (χ4v) is 2.84. The van der Waals surface area contributed by atoms with Crippen molar-refractivity contribution in [2.45, 2.75) is 25.2 Å². The Morgan fingerprint density at radius 1 is 1.11 bits per heavy atom. The zero-order valence-electron chi connectivity index (χ0n) is 9.76. The number of esters is 1. The molecule has 2 aromatic carbocycles. The first-order valence-electron chi connectivity index (χ1n) is 6.14. The van der Waals surface area contributed by atoms with Crippen LogP contribution in [-0.4, -0.2) is 12.1 Å². The minimum atomic E-state index is -0.217. The predicted molar refractivity (Wildman–Crippen MR) is 66.0 cm³/mol. The molecule has 2 unspecified atom stereocenters. The summed E-state index contributed by atoms with van der Waals surface area (Å²) in [5, 5.41) is 2.38. The van der Waals surface area contributed by atoms with Crippen molar-refractivity contribution in [1.82, 2.24) is 0 Å². The Morgan fingerprint density at radius 2 is 1.89 bits per heavy atom. The topological polar surface area (TPSA) is 35.5 Å². The summed E-state index contributed by atoms with van der Waals surface area (Å²) in [4.78, 5) is 11.4. The van der Waals surface area contributed by atoms with Crippen molar-refractivity contribution < 1.29 is 14.3 Å². The molecule has 0 amide bonds. The van der Waals surface area contributed by atoms with Gasteiger partial charge in [0, 0.05) is 5.56 Å². The maximum Gasteiger partial charge on any atom is 0.309 e. The number of fused-ring (bicyclic) bond motifs is 4. The monoisotopic (exact) mass is 240 g/mol. The smallest absolute Gasteiger partial charge is 0.309 e. The van der Waals surface area contributed by atoms with Gasteiger partial charge in [-0.25, -0.2) is 0 Å². The standard InChI is InChI=1S/C15H12O3/c16-14-7-13-15(18-14)12-6-10-4-2-1-3-9(10)5-11(12)8-17-13/h1-6,13,15H,7-8H2. The lowest BCUT2D eigenvalue weighted by Crippen LogP contribution is -2.23. The van der Waals surface area contributed by atoms with Crippen molar-refractivity contribution in [3.63, 3.8) is 0 Å². The van der Waals surface area contributed by atoms with E-state index >= 15 is 0 Å². The molecule has 3 heteroatoms. The van der Waals surface area contributed by atoms with E-state index in [9.17, 15) is 4.79 Å². The van der Waals surface area contributed by atoms with Gasteiger partial charge in [-0.05, 0) is 28.5 Å². The number of ether oxygens (including phenoxy) is 2. The molecule has 2 atom stereocenters. The van der Waals surface area contributed by atoms with Crippen LogP contribution in [-0.2, 0) is 20.9 Å². The van der Waals surface area contributed by atoms with Crippen molar-refractivity contribution in [2.24, 2.45) is 0 Å². The molecule has 2 aromatic rings. The van der Waals surface area contributed by atoms with Crippen LogP contribution in [0.4, 0.5) is 0 Å². The van der Waals surface area contributed by atoms with Gasteiger partial charge in [-0.15, -0.1) is 0 Å². The Morgan fingerprint density at radius 3 is 2.72 bits per heavy atom. The van der Waals surface area contributed by atoms with Crippen molar-refractivity contribution in [3.8, 4) is 0 Å². The van der Waals surface area contributed by atoms with Gasteiger partial charge in [0.1, 0.15) is 6.10 Å². The first kappa shape index (κ1) is 10.1. The molecule has 0 aliphatic carbocycles. The van der Waals surface area contributed by atoms with E-state index in [-0.39, 0.29) is 18.2 Å². The lowest BCUT2D eigenvalue weighted by Gasteiger charge is -2.27. The van der Waals surface area contributed by atoms with Crippen molar-refractivity contribution in [3.05, 3.63) is 47.5 Å². The summed E-state index contributed by atoms with van der Waals surface area (Å²) in [5.41, 5.74) is 2.24. The third kappa shape index (κ3) is 1.37. The summed E-state index contributed by atoms with van der Waals surface area (Å²) >= 11 is 0. The zero-order valence-corrected chi connectivity index (χ0v) is 9.76. The summed E-state index contributed by atoms with van der Waals surface area (Å²) < 4.78 is 11.1. The van der Waals surface area contributed by atoms with E-state index in [0.29, 0.717) is 13.0 Å². The maximum atomic E-state index is 11.4. The molecule has 0 bridgehead atoms. The van der Waals surface area contributed by atoms with Crippen molar-refractivity contribution in [1.29, 1.82) is 0 Å². The third-order valence-electron chi connectivity index (χ3n) is 3.73. The number of hydrogen-bond acceptors (Lipinski definition) is 3. The van der Waals surface area contributed by atoms with Crippen LogP contribution < -0.4 is 0 Å². The second-order valence-corrected chi connectivity index (χ2v) is 4.86. The molecule has 4 rings (SSSR count). The first-order chi connectivity index (χ1) is 8.81. The summed E-state index contributed by atoms with van der Waals surface area (Å²) in [6.45, 7) is 0.567. The SMILES string of the molecule is O=C1CC2OCc3cc4ccccc4cc3C2O1. The van der Waals surface area contributed by atoms with E-state index in [0.717, 1.165) is 11.1 Å². The molecule has 1 saturated heterocycles. The second-order valence-electron chi connectivity index (χ2n) is 4.86. The van der Waals surface area contributed by atoms with E-state index in [1.165, 1.54) is 10.8 Å². The summed E-state index contributed by atoms with van der Waals surface area (Å²) in [7, 11) is 0. The molecule has 90 valence electrons. The Hall–Kier alpha value is -1.87. The first-order valence-corrected chi connectivity index (χ1v) is 6.14. The molecule has 0 aromatic heterocycles. The normalized spacial score (nSPS) is 25.7. The van der Waals surface area contributed by atoms with E-state index in [1.54, 1.807) is 0 Å². The van der Waals surface area contributed by atoms with Gasteiger partial charge in [0.15, 0.2) is 6.10 Å². The highest BCUT2D eigenvalue weighted by molar-refractivity contribution is 5.84. The Labute approximate surface area is 104 Å². The minimum Gasteiger partial charge on any atom is -0.455 e. The molecule has 0 radical (unpaired) electrons. The van der Waals surface area contributed by atoms with Gasteiger partial charge >= 0.3 is 5.97 Å². The van der Waals surface area contributed by atoms with Crippen LogP contribution in [0.5, 0.6) is 0 Å². The Balaban J connectivity index is 1.91. The van der Waals surface area contributed by atoms with Gasteiger partial charge in [0.05, 0.1) is 13.0 Å². The molecule has 2 heterocycles. The van der Waals surface area contributed by atoms with Crippen LogP contribution in [0.3, 0.4) is 0 Å². The van der Waals surface area contributed by atoms with Crippen molar-refractivity contribution >= 4 is 16.7 Å². The molecule has 1 fully saturated rings. The molecule has 3 nitrogen and oxygen atoms in total. The number of hydrogen-bond donors (Lipinski definition) is 0. The number of carbonyl (C=O) groups excluding carboxylic acids is 1. The molecule has 0 spiro atoms. The van der Waals surface area contributed by atoms with Gasteiger partial charge in [-0.2, -0.15) is 0 Å². The lowest BCUT2D eigenvalue weighted by molar-refractivity contribution is -0.142. The maximum absolute atomic E-state index is 11.4. The van der Waals surface area contributed by atoms with Crippen LogP contribution in [0, 0.1) is 0 Å². The molecular formula is C15H12O3. The summed E-state index contributed by atoms with van der Waals surface area (Å²) in [6, 6.07) is 12.5. The second kappa shape index (κ2) is 3.56. The highest BCUT2D eigenvalue weighted by Crippen LogP contribution is 2.40. The van der Waals surface area contributed by atoms with Gasteiger partial charge in [0.25, 0.3) is 0 Å². The lowest BCUT2D eigenvalue weighted by atomic mass is 9.93. The molecule has 0 saturated carbocycles. The van der Waals surface area contributed by atoms with Gasteiger partial charge in [0.2, 0.25) is 0 Å². The molecule has 0 N–H and O–H groups in total. The van der Waals surface area contributed by atoms with E-state index in [1.807, 2.05) is 12.1 Å². The van der Waals surface area contributed by atoms with Crippen molar-refractivity contribution in [2.75, 3.05) is 0 Å². The van der Waals surface area contributed by atoms with Crippen LogP contribution in [0.25, 0.3) is 10.8 Å². The number of benzene rings is 2. The quantitative estimate of drug-likeness (QED) is 0.664. The van der Waals surface area contributed by atoms with E-state index in [4.69, 9.17) is 9.47 Å². The largest absolute Gasteiger partial charge is 0.455 e. The molecule has 2 aliphatic rings. The average molecular weight is 240 g/mol. The third-order valence-corrected chi connectivity index (χ3v) is 3.73. The van der Waals surface area contributed by atoms with Gasteiger partial charge < -0.3 is 9.47 Å². The molecule has 18 heavy (non-hydrogen) atoms. The highest BCUT2D eigenvalue weighted by atomic mass is 16.6. The highest BCUT2D eigenvalue weighted by Gasteiger charge is 2.40. The fourth-order valence-electron chi connectivity index (χ4n) is 2.84. The minimum absolute atomic E-state index is 0.105. The Kier molecular flexibility index (Phi) is 2.00. The van der Waals surface area contributed by atoms with Gasteiger partial charge in [-0.3, -0.25) is 4.79 Å². The van der Waals surface area contributed by atoms with E-state index in [2.05, 4.69) is 24.3 Å². The zero-order chi connectivity index (χ0) is 12.1. The van der Waals surface area contributed by atoms with Crippen LogP contribution in [0.1, 0.15) is 23.7 Å². The molecule has 2 aliphatic heterocycles. The average Bonchev–Trinajstić information content (AvgIpc) is 2.77. The number of rotatable bonds is 0. The van der Waals surface area contributed by atoms with Crippen LogP contribution in [0.15, 0.2) is 36.4 Å². The van der Waals surface area contributed by atoms with Crippen LogP contribution >= 0.6 is 0 Å². The Bertz CT molecular complexity index is 647. The van der Waals surface area contributed by atoms with Crippen LogP contribution in [0.2, 0.25) is 0 Å².